The zero-order valence-corrected chi connectivity index (χ0v) is 20.8. The number of hydrogen-bond donors (Lipinski definition) is 1. The molecule has 1 atom stereocenters. The fraction of sp³-hybridized carbons (Fsp3) is 0.520. The van der Waals surface area contributed by atoms with Crippen molar-refractivity contribution in [3.05, 3.63) is 51.2 Å². The van der Waals surface area contributed by atoms with Gasteiger partial charge in [0.05, 0.1) is 17.3 Å². The Morgan fingerprint density at radius 1 is 1.41 bits per heavy atom. The van der Waals surface area contributed by atoms with Crippen LogP contribution in [0, 0.1) is 31.1 Å². The highest BCUT2D eigenvalue weighted by molar-refractivity contribution is 7.07. The van der Waals surface area contributed by atoms with E-state index in [0.29, 0.717) is 29.9 Å². The summed E-state index contributed by atoms with van der Waals surface area (Å²) in [5.74, 6) is -0.913. The Morgan fingerprint density at radius 2 is 2.15 bits per heavy atom. The SMILES string of the molecule is Cc1cc(F)nc(C)c1C(=O)NCC[C@@H](C)N1CCC(N(Cc2ccsc2)C(=O)CC#N)CC1.[HH]. The van der Waals surface area contributed by atoms with Gasteiger partial charge in [-0.25, -0.2) is 4.98 Å². The molecule has 0 spiro atoms. The number of rotatable bonds is 9. The molecule has 0 bridgehead atoms. The van der Waals surface area contributed by atoms with Crippen LogP contribution in [0.1, 0.15) is 61.2 Å². The lowest BCUT2D eigenvalue weighted by Crippen LogP contribution is -2.49. The topological polar surface area (TPSA) is 89.3 Å². The number of pyridine rings is 1. The van der Waals surface area contributed by atoms with Crippen LogP contribution in [0.15, 0.2) is 22.9 Å². The normalized spacial score (nSPS) is 15.5. The van der Waals surface area contributed by atoms with Gasteiger partial charge in [-0.05, 0) is 74.1 Å². The maximum Gasteiger partial charge on any atom is 0.253 e. The second kappa shape index (κ2) is 12.0. The van der Waals surface area contributed by atoms with Gasteiger partial charge < -0.3 is 15.1 Å². The summed E-state index contributed by atoms with van der Waals surface area (Å²) in [4.78, 5) is 33.2. The highest BCUT2D eigenvalue weighted by Crippen LogP contribution is 2.23. The van der Waals surface area contributed by atoms with Crippen molar-refractivity contribution in [2.45, 2.75) is 65.1 Å². The monoisotopic (exact) mass is 487 g/mol. The van der Waals surface area contributed by atoms with Gasteiger partial charge in [-0.15, -0.1) is 0 Å². The Kier molecular flexibility index (Phi) is 9.13. The zero-order valence-electron chi connectivity index (χ0n) is 20.0. The van der Waals surface area contributed by atoms with Crippen molar-refractivity contribution in [2.24, 2.45) is 0 Å². The molecule has 0 saturated carbocycles. The maximum atomic E-state index is 13.4. The second-order valence-electron chi connectivity index (χ2n) is 8.87. The zero-order chi connectivity index (χ0) is 24.7. The van der Waals surface area contributed by atoms with Crippen molar-refractivity contribution >= 4 is 23.2 Å². The highest BCUT2D eigenvalue weighted by Gasteiger charge is 2.29. The quantitative estimate of drug-likeness (QED) is 0.539. The van der Waals surface area contributed by atoms with E-state index in [9.17, 15) is 14.0 Å². The van der Waals surface area contributed by atoms with Gasteiger partial charge in [0.25, 0.3) is 5.91 Å². The van der Waals surface area contributed by atoms with Crippen LogP contribution in [0.3, 0.4) is 0 Å². The van der Waals surface area contributed by atoms with E-state index in [1.54, 1.807) is 25.2 Å². The van der Waals surface area contributed by atoms with E-state index in [0.717, 1.165) is 37.9 Å². The number of amides is 2. The van der Waals surface area contributed by atoms with Crippen LogP contribution < -0.4 is 5.32 Å². The van der Waals surface area contributed by atoms with Gasteiger partial charge in [0.15, 0.2) is 0 Å². The summed E-state index contributed by atoms with van der Waals surface area (Å²) in [5, 5.41) is 16.0. The summed E-state index contributed by atoms with van der Waals surface area (Å²) < 4.78 is 13.4. The average Bonchev–Trinajstić information content (AvgIpc) is 3.30. The summed E-state index contributed by atoms with van der Waals surface area (Å²) >= 11 is 1.61. The van der Waals surface area contributed by atoms with Crippen molar-refractivity contribution in [2.75, 3.05) is 19.6 Å². The lowest BCUT2D eigenvalue weighted by atomic mass is 10.00. The second-order valence-corrected chi connectivity index (χ2v) is 9.65. The summed E-state index contributed by atoms with van der Waals surface area (Å²) in [6.45, 7) is 8.28. The molecule has 1 saturated heterocycles. The van der Waals surface area contributed by atoms with E-state index < -0.39 is 5.95 Å². The third-order valence-corrected chi connectivity index (χ3v) is 7.22. The Labute approximate surface area is 206 Å². The Bertz CT molecular complexity index is 1010. The lowest BCUT2D eigenvalue weighted by Gasteiger charge is -2.40. The summed E-state index contributed by atoms with van der Waals surface area (Å²) in [7, 11) is 0. The molecule has 2 amide bonds. The fourth-order valence-corrected chi connectivity index (χ4v) is 5.26. The molecule has 1 N–H and O–H groups in total. The van der Waals surface area contributed by atoms with E-state index >= 15 is 0 Å². The van der Waals surface area contributed by atoms with Gasteiger partial charge in [0.1, 0.15) is 6.42 Å². The third-order valence-electron chi connectivity index (χ3n) is 6.49. The molecule has 0 radical (unpaired) electrons. The van der Waals surface area contributed by atoms with Gasteiger partial charge in [0, 0.05) is 39.7 Å². The predicted molar refractivity (Wildman–Crippen MR) is 132 cm³/mol. The smallest absolute Gasteiger partial charge is 0.253 e. The standard InChI is InChI=1S/C25H32FN5O2S.H2/c1-17-14-22(26)29-19(3)24(17)25(33)28-10-5-18(2)30-11-6-21(7-12-30)31(23(32)4-9-27)15-20-8-13-34-16-20;/h8,13-14,16,18,21H,4-7,10-12,15H2,1-3H3,(H,28,33);1H/t18-;/m1./s1. The summed E-state index contributed by atoms with van der Waals surface area (Å²) in [5.41, 5.74) is 2.51. The molecule has 2 aromatic rings. The number of aryl methyl sites for hydroxylation is 2. The number of thiophene rings is 1. The minimum Gasteiger partial charge on any atom is -0.352 e. The number of likely N-dealkylation sites (tertiary alicyclic amines) is 1. The number of carbonyl (C=O) groups is 2. The molecular weight excluding hydrogens is 453 g/mol. The molecule has 1 aliphatic heterocycles. The highest BCUT2D eigenvalue weighted by atomic mass is 32.1. The fourth-order valence-electron chi connectivity index (χ4n) is 4.60. The molecule has 184 valence electrons. The van der Waals surface area contributed by atoms with Gasteiger partial charge >= 0.3 is 0 Å². The molecular formula is C25H34FN5O2S. The number of halogens is 1. The van der Waals surface area contributed by atoms with E-state index in [1.807, 2.05) is 27.8 Å². The Balaban J connectivity index is 0.00000432. The van der Waals surface area contributed by atoms with Crippen LogP contribution in [-0.4, -0.2) is 58.3 Å². The van der Waals surface area contributed by atoms with Gasteiger partial charge in [-0.1, -0.05) is 0 Å². The first kappa shape index (κ1) is 25.8. The summed E-state index contributed by atoms with van der Waals surface area (Å²) in [6, 6.07) is 5.69. The van der Waals surface area contributed by atoms with E-state index in [-0.39, 0.29) is 31.7 Å². The Morgan fingerprint density at radius 3 is 2.76 bits per heavy atom. The molecule has 0 unspecified atom stereocenters. The van der Waals surface area contributed by atoms with Gasteiger partial charge in [-0.3, -0.25) is 9.59 Å². The van der Waals surface area contributed by atoms with Crippen molar-refractivity contribution in [3.8, 4) is 6.07 Å². The predicted octanol–water partition coefficient (Wildman–Crippen LogP) is 4.06. The molecule has 9 heteroatoms. The van der Waals surface area contributed by atoms with Crippen molar-refractivity contribution in [1.29, 1.82) is 5.26 Å². The molecule has 2 aromatic heterocycles. The molecule has 0 aliphatic carbocycles. The van der Waals surface area contributed by atoms with Crippen LogP contribution in [0.4, 0.5) is 4.39 Å². The first-order valence-electron chi connectivity index (χ1n) is 11.6. The van der Waals surface area contributed by atoms with E-state index in [1.165, 1.54) is 6.07 Å². The first-order chi connectivity index (χ1) is 16.3. The molecule has 0 aromatic carbocycles. The van der Waals surface area contributed by atoms with Crippen LogP contribution in [-0.2, 0) is 11.3 Å². The molecule has 1 aliphatic rings. The number of nitriles is 1. The molecule has 34 heavy (non-hydrogen) atoms. The largest absolute Gasteiger partial charge is 0.352 e. The minimum absolute atomic E-state index is 0. The number of nitrogens with one attached hydrogen (secondary N) is 1. The van der Waals surface area contributed by atoms with Crippen molar-refractivity contribution < 1.29 is 15.4 Å². The lowest BCUT2D eigenvalue weighted by molar-refractivity contribution is -0.134. The summed E-state index contributed by atoms with van der Waals surface area (Å²) in [6.07, 6.45) is 2.41. The van der Waals surface area contributed by atoms with E-state index in [2.05, 4.69) is 22.1 Å². The van der Waals surface area contributed by atoms with Crippen molar-refractivity contribution in [3.63, 3.8) is 0 Å². The number of carbonyl (C=O) groups excluding carboxylic acids is 2. The van der Waals surface area contributed by atoms with Crippen LogP contribution >= 0.6 is 11.3 Å². The van der Waals surface area contributed by atoms with Crippen LogP contribution in [0.2, 0.25) is 0 Å². The number of hydrogen-bond acceptors (Lipinski definition) is 6. The molecule has 3 heterocycles. The molecule has 3 rings (SSSR count). The van der Waals surface area contributed by atoms with Crippen LogP contribution in [0.25, 0.3) is 0 Å². The maximum absolute atomic E-state index is 13.4. The number of aromatic nitrogens is 1. The minimum atomic E-state index is -0.577. The Hall–Kier alpha value is -2.83. The average molecular weight is 488 g/mol. The number of piperidine rings is 1. The third kappa shape index (κ3) is 6.61. The molecule has 1 fully saturated rings. The molecule has 7 nitrogen and oxygen atoms in total. The van der Waals surface area contributed by atoms with Crippen LogP contribution in [0.5, 0.6) is 0 Å². The van der Waals surface area contributed by atoms with Gasteiger partial charge in [0.2, 0.25) is 11.9 Å². The first-order valence-corrected chi connectivity index (χ1v) is 12.6. The van der Waals surface area contributed by atoms with Gasteiger partial charge in [-0.2, -0.15) is 21.0 Å². The van der Waals surface area contributed by atoms with E-state index in [4.69, 9.17) is 5.26 Å². The van der Waals surface area contributed by atoms with Crippen molar-refractivity contribution in [1.82, 2.24) is 20.1 Å². The number of nitrogens with zero attached hydrogens (tertiary/aromatic N) is 4.